The predicted octanol–water partition coefficient (Wildman–Crippen LogP) is 1.04. The molecule has 0 amide bonds. The van der Waals surface area contributed by atoms with Gasteiger partial charge in [-0.1, -0.05) is 24.3 Å². The van der Waals surface area contributed by atoms with Gasteiger partial charge in [-0.2, -0.15) is 9.78 Å². The number of nitrogens with one attached hydrogen (secondary N) is 1. The van der Waals surface area contributed by atoms with E-state index in [2.05, 4.69) is 37.3 Å². The first kappa shape index (κ1) is 18.4. The van der Waals surface area contributed by atoms with Gasteiger partial charge in [-0.05, 0) is 31.6 Å². The summed E-state index contributed by atoms with van der Waals surface area (Å²) in [6, 6.07) is 8.36. The minimum atomic E-state index is -0.284. The fraction of sp³-hybridized carbons (Fsp3) is 0.471. The molecule has 2 rings (SSSR count). The molecule has 0 aliphatic rings. The maximum absolute atomic E-state index is 11.7. The summed E-state index contributed by atoms with van der Waals surface area (Å²) in [6.07, 6.45) is 0.137. The molecule has 7 heteroatoms. The Bertz CT molecular complexity index is 766. The third kappa shape index (κ3) is 4.52. The molecule has 0 saturated carbocycles. The van der Waals surface area contributed by atoms with Crippen molar-refractivity contribution in [1.82, 2.24) is 14.3 Å². The smallest absolute Gasteiger partial charge is 0.313 e. The van der Waals surface area contributed by atoms with Gasteiger partial charge >= 0.3 is 5.97 Å². The Hall–Kier alpha value is -1.99. The Kier molecular flexibility index (Phi) is 6.28. The van der Waals surface area contributed by atoms with Crippen molar-refractivity contribution in [3.63, 3.8) is 0 Å². The summed E-state index contributed by atoms with van der Waals surface area (Å²) >= 11 is 5.44. The zero-order chi connectivity index (χ0) is 17.7. The van der Waals surface area contributed by atoms with Crippen LogP contribution in [-0.2, 0) is 36.2 Å². The van der Waals surface area contributed by atoms with Crippen LogP contribution >= 0.6 is 12.2 Å². The first-order chi connectivity index (χ1) is 11.4. The van der Waals surface area contributed by atoms with Gasteiger partial charge in [-0.3, -0.25) is 4.79 Å². The number of aryl methyl sites for hydroxylation is 1. The number of carbonyl (C=O) groups is 1. The molecule has 0 radical (unpaired) electrons. The van der Waals surface area contributed by atoms with E-state index < -0.39 is 0 Å². The minimum absolute atomic E-state index is 0.137. The second-order valence-electron chi connectivity index (χ2n) is 5.96. The normalized spacial score (nSPS) is 12.2. The van der Waals surface area contributed by atoms with Crippen molar-refractivity contribution in [3.05, 3.63) is 46.0 Å². The largest absolute Gasteiger partial charge is 0.466 e. The van der Waals surface area contributed by atoms with Gasteiger partial charge in [0.2, 0.25) is 4.77 Å². The zero-order valence-corrected chi connectivity index (χ0v) is 15.5. The summed E-state index contributed by atoms with van der Waals surface area (Å²) in [6.45, 7) is 5.81. The van der Waals surface area contributed by atoms with Gasteiger partial charge in [0.1, 0.15) is 18.8 Å². The van der Waals surface area contributed by atoms with Gasteiger partial charge in [0.05, 0.1) is 13.7 Å². The predicted molar refractivity (Wildman–Crippen MR) is 94.1 cm³/mol. The van der Waals surface area contributed by atoms with Crippen LogP contribution in [0.4, 0.5) is 0 Å². The molecule has 6 nitrogen and oxygen atoms in total. The van der Waals surface area contributed by atoms with Crippen molar-refractivity contribution in [2.75, 3.05) is 13.7 Å². The number of carbonyl (C=O) groups excluding carboxylic acids is 1. The Balaban J connectivity index is 2.08. The second-order valence-corrected chi connectivity index (χ2v) is 6.32. The minimum Gasteiger partial charge on any atom is -0.466 e. The highest BCUT2D eigenvalue weighted by molar-refractivity contribution is 7.71. The fourth-order valence-electron chi connectivity index (χ4n) is 2.58. The van der Waals surface area contributed by atoms with E-state index in [1.165, 1.54) is 16.0 Å². The average molecular weight is 349 g/mol. The van der Waals surface area contributed by atoms with E-state index in [0.717, 1.165) is 6.54 Å². The first-order valence-electron chi connectivity index (χ1n) is 8.06. The Morgan fingerprint density at radius 2 is 2.08 bits per heavy atom. The number of hydrogen-bond donors (Lipinski definition) is 1. The van der Waals surface area contributed by atoms with Gasteiger partial charge < -0.3 is 14.2 Å². The molecule has 1 unspecified atom stereocenters. The number of nitrogens with zero attached hydrogens (tertiary/aromatic N) is 3. The summed E-state index contributed by atoms with van der Waals surface area (Å²) in [7, 11) is 3.94. The van der Waals surface area contributed by atoms with Crippen LogP contribution in [0.5, 0.6) is 0 Å². The summed E-state index contributed by atoms with van der Waals surface area (Å²) in [5, 5.41) is 4.49. The van der Waals surface area contributed by atoms with Crippen LogP contribution in [0.2, 0.25) is 0 Å². The number of benzene rings is 1. The van der Waals surface area contributed by atoms with Gasteiger partial charge in [-0.15, -0.1) is 0 Å². The van der Waals surface area contributed by atoms with E-state index in [1.807, 2.05) is 13.1 Å². The summed E-state index contributed by atoms with van der Waals surface area (Å²) in [5.41, 5.74) is 2.59. The SMILES string of the molecule is CCOC(=O)Cc1nn(C[NH+](C)Cc2ccccc2C)c(=S)n1C. The standard InChI is InChI=1S/C17H24N4O2S/c1-5-23-16(22)10-15-18-21(17(24)20(15)4)12-19(3)11-14-9-7-6-8-13(14)2/h6-9H,5,10-12H2,1-4H3/p+1. The molecule has 1 heterocycles. The summed E-state index contributed by atoms with van der Waals surface area (Å²) in [5.74, 6) is 0.343. The highest BCUT2D eigenvalue weighted by Crippen LogP contribution is 2.05. The van der Waals surface area contributed by atoms with Crippen LogP contribution in [0.15, 0.2) is 24.3 Å². The Labute approximate surface area is 147 Å². The molecule has 0 aliphatic carbocycles. The molecule has 0 aliphatic heterocycles. The lowest BCUT2D eigenvalue weighted by Crippen LogP contribution is -3.07. The molecule has 1 aromatic carbocycles. The van der Waals surface area contributed by atoms with Crippen molar-refractivity contribution < 1.29 is 14.4 Å². The second kappa shape index (κ2) is 8.21. The van der Waals surface area contributed by atoms with E-state index in [-0.39, 0.29) is 12.4 Å². The number of aromatic nitrogens is 3. The average Bonchev–Trinajstić information content (AvgIpc) is 2.78. The van der Waals surface area contributed by atoms with E-state index in [9.17, 15) is 4.79 Å². The van der Waals surface area contributed by atoms with Gasteiger partial charge in [0, 0.05) is 12.6 Å². The number of rotatable bonds is 7. The molecule has 1 atom stereocenters. The molecule has 1 N–H and O–H groups in total. The fourth-order valence-corrected chi connectivity index (χ4v) is 2.79. The van der Waals surface area contributed by atoms with Crippen LogP contribution in [0.25, 0.3) is 0 Å². The van der Waals surface area contributed by atoms with Crippen LogP contribution in [-0.4, -0.2) is 34.0 Å². The molecular weight excluding hydrogens is 324 g/mol. The van der Waals surface area contributed by atoms with Gasteiger partial charge in [0.15, 0.2) is 6.67 Å². The summed E-state index contributed by atoms with van der Waals surface area (Å²) in [4.78, 5) is 12.9. The number of quaternary nitrogens is 1. The molecule has 0 fully saturated rings. The maximum atomic E-state index is 11.7. The monoisotopic (exact) mass is 349 g/mol. The Morgan fingerprint density at radius 3 is 2.75 bits per heavy atom. The lowest BCUT2D eigenvalue weighted by atomic mass is 10.1. The highest BCUT2D eigenvalue weighted by atomic mass is 32.1. The van der Waals surface area contributed by atoms with E-state index >= 15 is 0 Å². The van der Waals surface area contributed by atoms with Crippen molar-refractivity contribution in [2.45, 2.75) is 33.5 Å². The molecule has 130 valence electrons. The van der Waals surface area contributed by atoms with Crippen LogP contribution in [0.3, 0.4) is 0 Å². The Morgan fingerprint density at radius 1 is 1.38 bits per heavy atom. The van der Waals surface area contributed by atoms with E-state index in [4.69, 9.17) is 17.0 Å². The quantitative estimate of drug-likeness (QED) is 0.599. The molecular formula is C17H25N4O2S+. The number of esters is 1. The van der Waals surface area contributed by atoms with E-state index in [0.29, 0.717) is 23.9 Å². The van der Waals surface area contributed by atoms with Crippen molar-refractivity contribution in [3.8, 4) is 0 Å². The van der Waals surface area contributed by atoms with Gasteiger partial charge in [-0.25, -0.2) is 0 Å². The molecule has 1 aromatic heterocycles. The van der Waals surface area contributed by atoms with Crippen molar-refractivity contribution >= 4 is 18.2 Å². The molecule has 24 heavy (non-hydrogen) atoms. The van der Waals surface area contributed by atoms with Gasteiger partial charge in [0.25, 0.3) is 0 Å². The van der Waals surface area contributed by atoms with Crippen molar-refractivity contribution in [2.24, 2.45) is 7.05 Å². The first-order valence-corrected chi connectivity index (χ1v) is 8.47. The maximum Gasteiger partial charge on any atom is 0.313 e. The lowest BCUT2D eigenvalue weighted by Gasteiger charge is -2.15. The van der Waals surface area contributed by atoms with Crippen LogP contribution in [0, 0.1) is 11.7 Å². The molecule has 2 aromatic rings. The molecule has 0 saturated heterocycles. The topological polar surface area (TPSA) is 53.5 Å². The zero-order valence-electron chi connectivity index (χ0n) is 14.7. The van der Waals surface area contributed by atoms with E-state index in [1.54, 1.807) is 16.2 Å². The molecule has 0 bridgehead atoms. The lowest BCUT2D eigenvalue weighted by molar-refractivity contribution is -0.917. The third-order valence-electron chi connectivity index (χ3n) is 3.91. The van der Waals surface area contributed by atoms with Crippen molar-refractivity contribution in [1.29, 1.82) is 0 Å². The highest BCUT2D eigenvalue weighted by Gasteiger charge is 2.15. The third-order valence-corrected chi connectivity index (χ3v) is 4.40. The molecule has 0 spiro atoms. The number of hydrogen-bond acceptors (Lipinski definition) is 4. The number of ether oxygens (including phenoxy) is 1. The summed E-state index contributed by atoms with van der Waals surface area (Å²) < 4.78 is 9.14. The van der Waals surface area contributed by atoms with Crippen LogP contribution in [0.1, 0.15) is 23.9 Å². The van der Waals surface area contributed by atoms with Crippen LogP contribution < -0.4 is 4.90 Å².